The summed E-state index contributed by atoms with van der Waals surface area (Å²) in [5.41, 5.74) is 3.86. The number of nitrogens with zero attached hydrogens (tertiary/aromatic N) is 8. The molecule has 0 spiro atoms. The van der Waals surface area contributed by atoms with Crippen molar-refractivity contribution in [3.63, 3.8) is 0 Å². The maximum atomic E-state index is 4.35. The van der Waals surface area contributed by atoms with E-state index in [1.165, 1.54) is 0 Å². The summed E-state index contributed by atoms with van der Waals surface area (Å²) in [6.07, 6.45) is 3.19. The second-order valence-electron chi connectivity index (χ2n) is 4.74. The van der Waals surface area contributed by atoms with Crippen LogP contribution in [0.4, 0.5) is 0 Å². The minimum absolute atomic E-state index is 0.937. The van der Waals surface area contributed by atoms with E-state index in [0.29, 0.717) is 0 Å². The molecule has 0 aromatic carbocycles. The van der Waals surface area contributed by atoms with Crippen LogP contribution in [-0.4, -0.2) is 32.5 Å². The summed E-state index contributed by atoms with van der Waals surface area (Å²) >= 11 is 0. The van der Waals surface area contributed by atoms with E-state index in [0.717, 1.165) is 22.8 Å². The molecule has 0 fully saturated rings. The highest BCUT2D eigenvalue weighted by Crippen LogP contribution is 2.06. The smallest absolute Gasteiger partial charge is 0.156 e. The zero-order valence-corrected chi connectivity index (χ0v) is 11.9. The molecule has 0 amide bonds. The molecule has 8 heteroatoms. The van der Waals surface area contributed by atoms with Crippen LogP contribution < -0.4 is 10.2 Å². The number of aryl methyl sites for hydroxylation is 4. The van der Waals surface area contributed by atoms with E-state index < -0.39 is 0 Å². The van der Waals surface area contributed by atoms with Crippen molar-refractivity contribution in [1.82, 2.24) is 19.8 Å². The highest BCUT2D eigenvalue weighted by atomic mass is 15.9. The summed E-state index contributed by atoms with van der Waals surface area (Å²) in [7, 11) is 0. The SMILES string of the molecule is Cc1cc(C)n(N2C=NN(n3nc(C)cc3C)C=N2)n1. The van der Waals surface area contributed by atoms with Gasteiger partial charge in [-0.25, -0.2) is 0 Å². The van der Waals surface area contributed by atoms with Crippen molar-refractivity contribution in [2.75, 3.05) is 10.2 Å². The average Bonchev–Trinajstić information content (AvgIpc) is 2.92. The Morgan fingerprint density at radius 2 is 1.10 bits per heavy atom. The maximum absolute atomic E-state index is 4.35. The summed E-state index contributed by atoms with van der Waals surface area (Å²) in [5, 5.41) is 20.5. The third kappa shape index (κ3) is 2.04. The molecule has 0 N–H and O–H groups in total. The van der Waals surface area contributed by atoms with Gasteiger partial charge in [0.05, 0.1) is 22.8 Å². The predicted molar refractivity (Wildman–Crippen MR) is 76.8 cm³/mol. The zero-order chi connectivity index (χ0) is 14.3. The van der Waals surface area contributed by atoms with Crippen LogP contribution in [0.25, 0.3) is 0 Å². The van der Waals surface area contributed by atoms with Gasteiger partial charge in [-0.3, -0.25) is 0 Å². The summed E-state index contributed by atoms with van der Waals surface area (Å²) < 4.78 is 0. The maximum Gasteiger partial charge on any atom is 0.160 e. The van der Waals surface area contributed by atoms with E-state index >= 15 is 0 Å². The van der Waals surface area contributed by atoms with Crippen molar-refractivity contribution in [2.45, 2.75) is 27.7 Å². The fourth-order valence-corrected chi connectivity index (χ4v) is 2.10. The van der Waals surface area contributed by atoms with Crippen LogP contribution in [-0.2, 0) is 0 Å². The van der Waals surface area contributed by atoms with Gasteiger partial charge < -0.3 is 0 Å². The molecule has 3 rings (SSSR count). The first-order valence-corrected chi connectivity index (χ1v) is 6.28. The Balaban J connectivity index is 1.84. The fraction of sp³-hybridized carbons (Fsp3) is 0.333. The quantitative estimate of drug-likeness (QED) is 0.810. The Hall–Kier alpha value is -2.64. The molecule has 3 heterocycles. The molecule has 104 valence electrons. The monoisotopic (exact) mass is 272 g/mol. The molecule has 8 nitrogen and oxygen atoms in total. The highest BCUT2D eigenvalue weighted by Gasteiger charge is 2.14. The van der Waals surface area contributed by atoms with E-state index in [1.807, 2.05) is 39.8 Å². The molecule has 0 bridgehead atoms. The van der Waals surface area contributed by atoms with Crippen molar-refractivity contribution in [1.29, 1.82) is 0 Å². The molecule has 0 saturated heterocycles. The normalized spacial score (nSPS) is 14.4. The van der Waals surface area contributed by atoms with Crippen LogP contribution in [0, 0.1) is 27.7 Å². The second-order valence-corrected chi connectivity index (χ2v) is 4.74. The van der Waals surface area contributed by atoms with E-state index in [4.69, 9.17) is 0 Å². The van der Waals surface area contributed by atoms with E-state index in [2.05, 4.69) is 20.4 Å². The predicted octanol–water partition coefficient (Wildman–Crippen LogP) is 0.790. The Bertz CT molecular complexity index is 620. The van der Waals surface area contributed by atoms with Crippen LogP contribution in [0.3, 0.4) is 0 Å². The van der Waals surface area contributed by atoms with Gasteiger partial charge in [-0.2, -0.15) is 19.8 Å². The van der Waals surface area contributed by atoms with Gasteiger partial charge in [0.25, 0.3) is 0 Å². The van der Waals surface area contributed by atoms with Gasteiger partial charge in [-0.15, -0.1) is 20.4 Å². The molecular weight excluding hydrogens is 256 g/mol. The van der Waals surface area contributed by atoms with Crippen molar-refractivity contribution in [3.05, 3.63) is 34.9 Å². The van der Waals surface area contributed by atoms with Crippen molar-refractivity contribution < 1.29 is 0 Å². The van der Waals surface area contributed by atoms with Gasteiger partial charge in [0.2, 0.25) is 0 Å². The summed E-state index contributed by atoms with van der Waals surface area (Å²) in [6, 6.07) is 3.97. The van der Waals surface area contributed by atoms with Gasteiger partial charge in [0, 0.05) is 0 Å². The minimum atomic E-state index is 0.937. The van der Waals surface area contributed by atoms with Gasteiger partial charge in [0.15, 0.2) is 12.7 Å². The number of rotatable bonds is 2. The van der Waals surface area contributed by atoms with Crippen LogP contribution in [0.5, 0.6) is 0 Å². The van der Waals surface area contributed by atoms with Crippen LogP contribution in [0.2, 0.25) is 0 Å². The lowest BCUT2D eigenvalue weighted by atomic mass is 10.4. The zero-order valence-electron chi connectivity index (χ0n) is 11.9. The third-order valence-electron chi connectivity index (χ3n) is 2.91. The highest BCUT2D eigenvalue weighted by molar-refractivity contribution is 5.79. The minimum Gasteiger partial charge on any atom is -0.156 e. The molecule has 1 aliphatic heterocycles. The third-order valence-corrected chi connectivity index (χ3v) is 2.91. The lowest BCUT2D eigenvalue weighted by Crippen LogP contribution is -2.40. The number of hydrogen-bond donors (Lipinski definition) is 0. The average molecular weight is 272 g/mol. The van der Waals surface area contributed by atoms with Gasteiger partial charge in [-0.05, 0) is 39.8 Å². The first-order chi connectivity index (χ1) is 9.54. The molecule has 0 radical (unpaired) electrons. The Morgan fingerprint density at radius 1 is 0.700 bits per heavy atom. The van der Waals surface area contributed by atoms with Gasteiger partial charge in [-0.1, -0.05) is 0 Å². The molecule has 0 aliphatic carbocycles. The first-order valence-electron chi connectivity index (χ1n) is 6.28. The van der Waals surface area contributed by atoms with E-state index in [9.17, 15) is 0 Å². The first kappa shape index (κ1) is 12.4. The lowest BCUT2D eigenvalue weighted by Gasteiger charge is -2.22. The Labute approximate surface area is 116 Å². The molecule has 1 aliphatic rings. The van der Waals surface area contributed by atoms with Gasteiger partial charge >= 0.3 is 0 Å². The standard InChI is InChI=1S/C12H16N8/c1-9-5-11(3)19(15-9)17-7-14-18(8-13-17)20-12(4)6-10(2)16-20/h5-8H,1-4H3. The molecular formula is C12H16N8. The molecule has 2 aromatic rings. The molecule has 0 unspecified atom stereocenters. The van der Waals surface area contributed by atoms with E-state index in [-0.39, 0.29) is 0 Å². The molecule has 0 saturated carbocycles. The lowest BCUT2D eigenvalue weighted by molar-refractivity contribution is 0.594. The Morgan fingerprint density at radius 3 is 1.35 bits per heavy atom. The van der Waals surface area contributed by atoms with E-state index in [1.54, 1.807) is 32.5 Å². The molecule has 20 heavy (non-hydrogen) atoms. The fourth-order valence-electron chi connectivity index (χ4n) is 2.10. The second kappa shape index (κ2) is 4.48. The summed E-state index contributed by atoms with van der Waals surface area (Å²) in [4.78, 5) is 3.38. The summed E-state index contributed by atoms with van der Waals surface area (Å²) in [6.45, 7) is 7.82. The number of hydrogen-bond acceptors (Lipinski definition) is 6. The molecule has 2 aromatic heterocycles. The van der Waals surface area contributed by atoms with Crippen LogP contribution in [0.15, 0.2) is 22.3 Å². The van der Waals surface area contributed by atoms with Crippen molar-refractivity contribution in [3.8, 4) is 0 Å². The van der Waals surface area contributed by atoms with Crippen LogP contribution >= 0.6 is 0 Å². The van der Waals surface area contributed by atoms with Crippen molar-refractivity contribution >= 4 is 12.7 Å². The molecule has 0 atom stereocenters. The topological polar surface area (TPSA) is 66.8 Å². The summed E-state index contributed by atoms with van der Waals surface area (Å²) in [5.74, 6) is 0. The van der Waals surface area contributed by atoms with Gasteiger partial charge in [0.1, 0.15) is 0 Å². The van der Waals surface area contributed by atoms with Crippen LogP contribution in [0.1, 0.15) is 22.8 Å². The largest absolute Gasteiger partial charge is 0.160 e. The Kier molecular flexibility index (Phi) is 2.78. The number of hydrazone groups is 2. The number of aromatic nitrogens is 4. The van der Waals surface area contributed by atoms with Crippen molar-refractivity contribution in [2.24, 2.45) is 10.2 Å².